The maximum absolute atomic E-state index is 13.6. The molecule has 0 radical (unpaired) electrons. The van der Waals surface area contributed by atoms with Crippen LogP contribution in [0.3, 0.4) is 0 Å². The molecular formula is C12H18BrFN2. The third kappa shape index (κ3) is 4.20. The lowest BCUT2D eigenvalue weighted by molar-refractivity contribution is 0.387. The van der Waals surface area contributed by atoms with Crippen molar-refractivity contribution >= 4 is 15.9 Å². The zero-order valence-electron chi connectivity index (χ0n) is 9.93. The molecule has 2 nitrogen and oxygen atoms in total. The Bertz CT molecular complexity index is 342. The topological polar surface area (TPSA) is 15.3 Å². The standard InChI is InChI=1S/C12H18BrFN2/c1-9(15-6-7-16(2)3)11-5-4-10(13)8-12(11)14/h4-5,8-9,15H,6-7H2,1-3H3. The van der Waals surface area contributed by atoms with Crippen LogP contribution in [0.2, 0.25) is 0 Å². The minimum absolute atomic E-state index is 0.0352. The van der Waals surface area contributed by atoms with Crippen LogP contribution in [0.5, 0.6) is 0 Å². The first kappa shape index (κ1) is 13.6. The summed E-state index contributed by atoms with van der Waals surface area (Å²) in [6.45, 7) is 3.77. The number of likely N-dealkylation sites (N-methyl/N-ethyl adjacent to an activating group) is 1. The molecule has 1 rings (SSSR count). The highest BCUT2D eigenvalue weighted by Gasteiger charge is 2.10. The van der Waals surface area contributed by atoms with Crippen LogP contribution < -0.4 is 5.32 Å². The number of halogens is 2. The Morgan fingerprint density at radius 1 is 1.44 bits per heavy atom. The van der Waals surface area contributed by atoms with Crippen molar-refractivity contribution in [2.75, 3.05) is 27.2 Å². The van der Waals surface area contributed by atoms with Gasteiger partial charge < -0.3 is 10.2 Å². The average molecular weight is 289 g/mol. The van der Waals surface area contributed by atoms with E-state index in [2.05, 4.69) is 26.1 Å². The van der Waals surface area contributed by atoms with Crippen molar-refractivity contribution in [3.63, 3.8) is 0 Å². The predicted octanol–water partition coefficient (Wildman–Crippen LogP) is 2.80. The third-order valence-electron chi connectivity index (χ3n) is 2.44. The van der Waals surface area contributed by atoms with Gasteiger partial charge in [0.1, 0.15) is 5.82 Å². The maximum Gasteiger partial charge on any atom is 0.129 e. The van der Waals surface area contributed by atoms with E-state index in [0.717, 1.165) is 17.6 Å². The van der Waals surface area contributed by atoms with E-state index in [1.807, 2.05) is 33.2 Å². The van der Waals surface area contributed by atoms with Crippen LogP contribution >= 0.6 is 15.9 Å². The van der Waals surface area contributed by atoms with E-state index in [-0.39, 0.29) is 11.9 Å². The Morgan fingerprint density at radius 3 is 2.69 bits per heavy atom. The average Bonchev–Trinajstić information content (AvgIpc) is 2.16. The molecule has 0 saturated heterocycles. The smallest absolute Gasteiger partial charge is 0.129 e. The summed E-state index contributed by atoms with van der Waals surface area (Å²) in [6.07, 6.45) is 0. The molecule has 0 aliphatic heterocycles. The van der Waals surface area contributed by atoms with Gasteiger partial charge in [0.2, 0.25) is 0 Å². The van der Waals surface area contributed by atoms with E-state index < -0.39 is 0 Å². The van der Waals surface area contributed by atoms with Crippen molar-refractivity contribution in [3.05, 3.63) is 34.1 Å². The van der Waals surface area contributed by atoms with Gasteiger partial charge in [0.05, 0.1) is 0 Å². The van der Waals surface area contributed by atoms with Crippen LogP contribution in [0.25, 0.3) is 0 Å². The predicted molar refractivity (Wildman–Crippen MR) is 69.1 cm³/mol. The van der Waals surface area contributed by atoms with Crippen LogP contribution in [-0.4, -0.2) is 32.1 Å². The molecule has 0 fully saturated rings. The van der Waals surface area contributed by atoms with Gasteiger partial charge >= 0.3 is 0 Å². The SMILES string of the molecule is CC(NCCN(C)C)c1ccc(Br)cc1F. The molecule has 0 heterocycles. The van der Waals surface area contributed by atoms with E-state index in [1.54, 1.807) is 0 Å². The van der Waals surface area contributed by atoms with Crippen LogP contribution in [0.15, 0.2) is 22.7 Å². The van der Waals surface area contributed by atoms with Crippen molar-refractivity contribution in [1.82, 2.24) is 10.2 Å². The normalized spacial score (nSPS) is 13.1. The lowest BCUT2D eigenvalue weighted by Gasteiger charge is -2.17. The highest BCUT2D eigenvalue weighted by Crippen LogP contribution is 2.20. The molecule has 0 amide bonds. The fourth-order valence-electron chi connectivity index (χ4n) is 1.47. The summed E-state index contributed by atoms with van der Waals surface area (Å²) in [4.78, 5) is 2.09. The quantitative estimate of drug-likeness (QED) is 0.896. The number of benzene rings is 1. The number of hydrogen-bond acceptors (Lipinski definition) is 2. The fraction of sp³-hybridized carbons (Fsp3) is 0.500. The third-order valence-corrected chi connectivity index (χ3v) is 2.93. The molecule has 16 heavy (non-hydrogen) atoms. The second-order valence-electron chi connectivity index (χ2n) is 4.14. The van der Waals surface area contributed by atoms with Gasteiger partial charge in [-0.05, 0) is 33.2 Å². The molecule has 0 aliphatic rings. The lowest BCUT2D eigenvalue weighted by Crippen LogP contribution is -2.28. The highest BCUT2D eigenvalue weighted by molar-refractivity contribution is 9.10. The molecular weight excluding hydrogens is 271 g/mol. The van der Waals surface area contributed by atoms with Gasteiger partial charge in [-0.2, -0.15) is 0 Å². The van der Waals surface area contributed by atoms with Crippen LogP contribution in [0.1, 0.15) is 18.5 Å². The number of nitrogens with one attached hydrogen (secondary N) is 1. The largest absolute Gasteiger partial charge is 0.309 e. The Labute approximate surface area is 105 Å². The van der Waals surface area contributed by atoms with Gasteiger partial charge in [0.15, 0.2) is 0 Å². The Hall–Kier alpha value is -0.450. The summed E-state index contributed by atoms with van der Waals surface area (Å²) in [7, 11) is 4.04. The molecule has 0 aromatic heterocycles. The molecule has 0 spiro atoms. The number of hydrogen-bond donors (Lipinski definition) is 1. The summed E-state index contributed by atoms with van der Waals surface area (Å²) in [5.74, 6) is -0.167. The Kier molecular flexibility index (Phi) is 5.38. The van der Waals surface area contributed by atoms with Gasteiger partial charge in [-0.15, -0.1) is 0 Å². The van der Waals surface area contributed by atoms with Gasteiger partial charge in [-0.3, -0.25) is 0 Å². The maximum atomic E-state index is 13.6. The van der Waals surface area contributed by atoms with Gasteiger partial charge in [0.25, 0.3) is 0 Å². The summed E-state index contributed by atoms with van der Waals surface area (Å²) >= 11 is 3.25. The fourth-order valence-corrected chi connectivity index (χ4v) is 1.80. The van der Waals surface area contributed by atoms with E-state index in [4.69, 9.17) is 0 Å². The second-order valence-corrected chi connectivity index (χ2v) is 5.06. The van der Waals surface area contributed by atoms with Crippen LogP contribution in [-0.2, 0) is 0 Å². The number of rotatable bonds is 5. The molecule has 0 saturated carbocycles. The zero-order chi connectivity index (χ0) is 12.1. The van der Waals surface area contributed by atoms with E-state index >= 15 is 0 Å². The highest BCUT2D eigenvalue weighted by atomic mass is 79.9. The van der Waals surface area contributed by atoms with Crippen LogP contribution in [0.4, 0.5) is 4.39 Å². The molecule has 4 heteroatoms. The second kappa shape index (κ2) is 6.33. The minimum atomic E-state index is -0.167. The molecule has 1 unspecified atom stereocenters. The molecule has 0 aliphatic carbocycles. The first-order valence-electron chi connectivity index (χ1n) is 5.33. The van der Waals surface area contributed by atoms with Crippen molar-refractivity contribution in [2.45, 2.75) is 13.0 Å². The van der Waals surface area contributed by atoms with Gasteiger partial charge in [0, 0.05) is 29.2 Å². The zero-order valence-corrected chi connectivity index (χ0v) is 11.5. The molecule has 0 bridgehead atoms. The molecule has 1 aromatic rings. The van der Waals surface area contributed by atoms with Crippen molar-refractivity contribution in [3.8, 4) is 0 Å². The lowest BCUT2D eigenvalue weighted by atomic mass is 10.1. The van der Waals surface area contributed by atoms with Crippen molar-refractivity contribution < 1.29 is 4.39 Å². The summed E-state index contributed by atoms with van der Waals surface area (Å²) in [6, 6.07) is 5.21. The Morgan fingerprint density at radius 2 is 2.12 bits per heavy atom. The monoisotopic (exact) mass is 288 g/mol. The molecule has 1 N–H and O–H groups in total. The van der Waals surface area contributed by atoms with E-state index in [1.165, 1.54) is 6.07 Å². The molecule has 90 valence electrons. The van der Waals surface area contributed by atoms with Gasteiger partial charge in [-0.1, -0.05) is 22.0 Å². The number of nitrogens with zero attached hydrogens (tertiary/aromatic N) is 1. The minimum Gasteiger partial charge on any atom is -0.309 e. The first-order chi connectivity index (χ1) is 7.50. The summed E-state index contributed by atoms with van der Waals surface area (Å²) in [5.41, 5.74) is 0.710. The molecule has 1 aromatic carbocycles. The van der Waals surface area contributed by atoms with Crippen molar-refractivity contribution in [1.29, 1.82) is 0 Å². The molecule has 1 atom stereocenters. The van der Waals surface area contributed by atoms with Crippen molar-refractivity contribution in [2.24, 2.45) is 0 Å². The van der Waals surface area contributed by atoms with E-state index in [0.29, 0.717) is 5.56 Å². The van der Waals surface area contributed by atoms with Crippen LogP contribution in [0, 0.1) is 5.82 Å². The summed E-state index contributed by atoms with van der Waals surface area (Å²) < 4.78 is 14.4. The Balaban J connectivity index is 2.55. The van der Waals surface area contributed by atoms with E-state index in [9.17, 15) is 4.39 Å². The van der Waals surface area contributed by atoms with Gasteiger partial charge in [-0.25, -0.2) is 4.39 Å². The first-order valence-corrected chi connectivity index (χ1v) is 6.13. The summed E-state index contributed by atoms with van der Waals surface area (Å²) in [5, 5.41) is 3.29.